The van der Waals surface area contributed by atoms with Crippen molar-refractivity contribution in [1.82, 2.24) is 15.1 Å². The summed E-state index contributed by atoms with van der Waals surface area (Å²) in [5.41, 5.74) is 1.33. The minimum absolute atomic E-state index is 0. The Morgan fingerprint density at radius 3 is 2.33 bits per heavy atom. The van der Waals surface area contributed by atoms with E-state index in [1.165, 1.54) is 55.1 Å². The Morgan fingerprint density at radius 2 is 1.67 bits per heavy atom. The Labute approximate surface area is 232 Å². The molecule has 0 bridgehead atoms. The van der Waals surface area contributed by atoms with Crippen molar-refractivity contribution in [2.24, 2.45) is 5.92 Å². The van der Waals surface area contributed by atoms with Gasteiger partial charge in [0.1, 0.15) is 0 Å². The number of benzene rings is 2. The minimum atomic E-state index is -0.0790. The van der Waals surface area contributed by atoms with Crippen molar-refractivity contribution >= 4 is 41.5 Å². The van der Waals surface area contributed by atoms with Gasteiger partial charge in [0, 0.05) is 12.0 Å². The van der Waals surface area contributed by atoms with E-state index >= 15 is 0 Å². The van der Waals surface area contributed by atoms with Crippen LogP contribution in [0.2, 0.25) is 0 Å². The number of nitrogens with zero attached hydrogens (tertiary/aromatic N) is 2. The maximum atomic E-state index is 13.0. The van der Waals surface area contributed by atoms with Gasteiger partial charge in [0.25, 0.3) is 0 Å². The fourth-order valence-electron chi connectivity index (χ4n) is 5.82. The zero-order valence-corrected chi connectivity index (χ0v) is 24.6. The van der Waals surface area contributed by atoms with E-state index in [-0.39, 0.29) is 36.1 Å². The van der Waals surface area contributed by atoms with Crippen LogP contribution in [0.5, 0.6) is 0 Å². The van der Waals surface area contributed by atoms with Gasteiger partial charge in [0.05, 0.1) is 6.54 Å². The van der Waals surface area contributed by atoms with Crippen LogP contribution in [0.25, 0.3) is 10.8 Å². The summed E-state index contributed by atoms with van der Waals surface area (Å²) in [6, 6.07) is 15.5. The highest BCUT2D eigenvalue weighted by atomic mass is 35.5. The second-order valence-corrected chi connectivity index (χ2v) is 10.2. The van der Waals surface area contributed by atoms with E-state index in [9.17, 15) is 4.79 Å². The molecule has 1 amide bonds. The second-order valence-electron chi connectivity index (χ2n) is 10.2. The standard InChI is InChI=1S/C30H47N3O.2ClH/c1-5-25(4)30(19-14-22-33-20-11-8-12-21-33,24-31-29(34)23-32(6-2)7-3)28-18-13-16-26-15-9-10-17-27(26)28;;/h9-10,13,15-18,25H,5-8,11-12,14,19-24H2,1-4H3,(H,31,34);2*1H. The number of carbonyl (C=O) groups excluding carboxylic acids is 1. The molecule has 1 N–H and O–H groups in total. The number of nitrogens with one attached hydrogen (secondary N) is 1. The number of piperidine rings is 1. The van der Waals surface area contributed by atoms with Gasteiger partial charge in [0.2, 0.25) is 5.91 Å². The van der Waals surface area contributed by atoms with Crippen LogP contribution in [0.15, 0.2) is 42.5 Å². The lowest BCUT2D eigenvalue weighted by Gasteiger charge is -2.41. The van der Waals surface area contributed by atoms with Gasteiger partial charge in [-0.2, -0.15) is 0 Å². The fourth-order valence-corrected chi connectivity index (χ4v) is 5.82. The molecule has 1 fully saturated rings. The van der Waals surface area contributed by atoms with Crippen LogP contribution in [0.3, 0.4) is 0 Å². The smallest absolute Gasteiger partial charge is 0.234 e. The summed E-state index contributed by atoms with van der Waals surface area (Å²) in [5, 5.41) is 6.02. The van der Waals surface area contributed by atoms with Crippen LogP contribution in [-0.2, 0) is 10.2 Å². The van der Waals surface area contributed by atoms with Crippen molar-refractivity contribution in [1.29, 1.82) is 0 Å². The van der Waals surface area contributed by atoms with Crippen LogP contribution in [0, 0.1) is 5.92 Å². The Balaban J connectivity index is 0.00000324. The molecule has 1 aliphatic rings. The van der Waals surface area contributed by atoms with Gasteiger partial charge in [-0.3, -0.25) is 9.69 Å². The van der Waals surface area contributed by atoms with Gasteiger partial charge < -0.3 is 10.2 Å². The molecule has 2 unspecified atom stereocenters. The number of hydrogen-bond donors (Lipinski definition) is 1. The van der Waals surface area contributed by atoms with Crippen molar-refractivity contribution in [3.63, 3.8) is 0 Å². The monoisotopic (exact) mass is 537 g/mol. The molecule has 204 valence electrons. The van der Waals surface area contributed by atoms with Gasteiger partial charge in [-0.05, 0) is 80.7 Å². The summed E-state index contributed by atoms with van der Waals surface area (Å²) in [5.74, 6) is 0.612. The molecular formula is C30H49Cl2N3O. The number of halogens is 2. The van der Waals surface area contributed by atoms with Gasteiger partial charge in [-0.15, -0.1) is 24.8 Å². The Morgan fingerprint density at radius 1 is 1.00 bits per heavy atom. The lowest BCUT2D eigenvalue weighted by molar-refractivity contribution is -0.122. The molecule has 2 aromatic carbocycles. The number of amides is 1. The van der Waals surface area contributed by atoms with E-state index in [0.717, 1.165) is 32.5 Å². The first kappa shape index (κ1) is 32.7. The minimum Gasteiger partial charge on any atom is -0.354 e. The molecular weight excluding hydrogens is 489 g/mol. The van der Waals surface area contributed by atoms with Gasteiger partial charge in [0.15, 0.2) is 0 Å². The lowest BCUT2D eigenvalue weighted by Crippen LogP contribution is -2.48. The molecule has 0 saturated carbocycles. The second kappa shape index (κ2) is 16.5. The number of fused-ring (bicyclic) bond motifs is 1. The van der Waals surface area contributed by atoms with E-state index in [1.807, 2.05) is 0 Å². The third kappa shape index (κ3) is 8.34. The van der Waals surface area contributed by atoms with Crippen LogP contribution in [-0.4, -0.2) is 61.5 Å². The summed E-state index contributed by atoms with van der Waals surface area (Å²) in [7, 11) is 0. The van der Waals surface area contributed by atoms with E-state index in [1.54, 1.807) is 0 Å². The van der Waals surface area contributed by atoms with Crippen LogP contribution >= 0.6 is 24.8 Å². The molecule has 4 nitrogen and oxygen atoms in total. The van der Waals surface area contributed by atoms with Crippen molar-refractivity contribution in [3.05, 3.63) is 48.0 Å². The predicted octanol–water partition coefficient (Wildman–Crippen LogP) is 6.69. The highest BCUT2D eigenvalue weighted by Gasteiger charge is 2.38. The zero-order chi connectivity index (χ0) is 24.4. The van der Waals surface area contributed by atoms with Crippen molar-refractivity contribution in [3.8, 4) is 0 Å². The molecule has 0 radical (unpaired) electrons. The molecule has 0 aromatic heterocycles. The summed E-state index contributed by atoms with van der Waals surface area (Å²) in [6.07, 6.45) is 7.40. The number of likely N-dealkylation sites (N-methyl/N-ethyl adjacent to an activating group) is 1. The molecule has 3 rings (SSSR count). The van der Waals surface area contributed by atoms with Crippen LogP contribution < -0.4 is 5.32 Å². The third-order valence-corrected chi connectivity index (χ3v) is 8.29. The summed E-state index contributed by atoms with van der Waals surface area (Å²) < 4.78 is 0. The van der Waals surface area contributed by atoms with Gasteiger partial charge in [-0.25, -0.2) is 0 Å². The first-order chi connectivity index (χ1) is 16.5. The Kier molecular flexibility index (Phi) is 15.0. The molecule has 1 aliphatic heterocycles. The number of hydrogen-bond acceptors (Lipinski definition) is 3. The topological polar surface area (TPSA) is 35.6 Å². The normalized spacial score (nSPS) is 16.6. The molecule has 36 heavy (non-hydrogen) atoms. The molecule has 1 heterocycles. The van der Waals surface area contributed by atoms with Gasteiger partial charge in [-0.1, -0.05) is 83.0 Å². The zero-order valence-electron chi connectivity index (χ0n) is 22.9. The summed E-state index contributed by atoms with van der Waals surface area (Å²) >= 11 is 0. The average molecular weight is 539 g/mol. The summed E-state index contributed by atoms with van der Waals surface area (Å²) in [4.78, 5) is 17.8. The highest BCUT2D eigenvalue weighted by molar-refractivity contribution is 5.87. The van der Waals surface area contributed by atoms with Crippen molar-refractivity contribution in [2.75, 3.05) is 45.8 Å². The number of rotatable bonds is 13. The van der Waals surface area contributed by atoms with Gasteiger partial charge >= 0.3 is 0 Å². The third-order valence-electron chi connectivity index (χ3n) is 8.29. The van der Waals surface area contributed by atoms with E-state index in [2.05, 4.69) is 85.3 Å². The van der Waals surface area contributed by atoms with E-state index in [0.29, 0.717) is 19.0 Å². The van der Waals surface area contributed by atoms with Crippen molar-refractivity contribution < 1.29 is 4.79 Å². The first-order valence-corrected chi connectivity index (χ1v) is 13.7. The maximum Gasteiger partial charge on any atom is 0.234 e. The SMILES string of the molecule is CCC(C)C(CCCN1CCCCC1)(CNC(=O)CN(CC)CC)c1cccc2ccccc12.Cl.Cl. The van der Waals surface area contributed by atoms with Crippen LogP contribution in [0.1, 0.15) is 71.8 Å². The highest BCUT2D eigenvalue weighted by Crippen LogP contribution is 2.42. The van der Waals surface area contributed by atoms with Crippen molar-refractivity contribution in [2.45, 2.75) is 71.6 Å². The molecule has 2 aromatic rings. The summed E-state index contributed by atoms with van der Waals surface area (Å²) in [6.45, 7) is 15.6. The Hall–Kier alpha value is -1.33. The largest absolute Gasteiger partial charge is 0.354 e. The van der Waals surface area contributed by atoms with E-state index in [4.69, 9.17) is 0 Å². The average Bonchev–Trinajstić information content (AvgIpc) is 2.89. The fraction of sp³-hybridized carbons (Fsp3) is 0.633. The maximum absolute atomic E-state index is 13.0. The van der Waals surface area contributed by atoms with Crippen LogP contribution in [0.4, 0.5) is 0 Å². The molecule has 6 heteroatoms. The quantitative estimate of drug-likeness (QED) is 0.309. The Bertz CT molecular complexity index is 893. The molecule has 2 atom stereocenters. The lowest BCUT2D eigenvalue weighted by atomic mass is 9.65. The predicted molar refractivity (Wildman–Crippen MR) is 160 cm³/mol. The molecule has 1 saturated heterocycles. The molecule has 0 spiro atoms. The number of likely N-dealkylation sites (tertiary alicyclic amines) is 1. The molecule has 0 aliphatic carbocycles. The number of carbonyl (C=O) groups is 1. The van der Waals surface area contributed by atoms with E-state index < -0.39 is 0 Å². The first-order valence-electron chi connectivity index (χ1n) is 13.7.